The molecule has 4 nitrogen and oxygen atoms in total. The molecule has 2 N–H and O–H groups in total. The maximum atomic E-state index is 13.1. The minimum atomic E-state index is -4.24. The van der Waals surface area contributed by atoms with Crippen molar-refractivity contribution in [1.29, 1.82) is 0 Å². The monoisotopic (exact) mass is 321 g/mol. The first kappa shape index (κ1) is 16.2. The van der Waals surface area contributed by atoms with Crippen molar-refractivity contribution in [3.63, 3.8) is 0 Å². The van der Waals surface area contributed by atoms with Crippen molar-refractivity contribution < 1.29 is 18.0 Å². The van der Waals surface area contributed by atoms with E-state index in [4.69, 9.17) is 0 Å². The summed E-state index contributed by atoms with van der Waals surface area (Å²) in [4.78, 5) is 15.0. The van der Waals surface area contributed by atoms with Crippen molar-refractivity contribution in [2.75, 3.05) is 5.32 Å². The number of aromatic nitrogens is 1. The highest BCUT2D eigenvalue weighted by Gasteiger charge is 2.44. The van der Waals surface area contributed by atoms with Crippen molar-refractivity contribution in [3.8, 4) is 0 Å². The molecule has 1 amide bonds. The molecule has 1 aliphatic carbocycles. The number of alkyl halides is 3. The quantitative estimate of drug-likeness (QED) is 0.875. The van der Waals surface area contributed by atoms with Crippen LogP contribution in [0.15, 0.2) is 5.38 Å². The number of nitrogens with zero attached hydrogens (tertiary/aromatic N) is 1. The summed E-state index contributed by atoms with van der Waals surface area (Å²) in [5, 5.41) is 7.17. The van der Waals surface area contributed by atoms with Gasteiger partial charge in [-0.25, -0.2) is 4.98 Å². The fraction of sp³-hybridized carbons (Fsp3) is 0.692. The lowest BCUT2D eigenvalue weighted by atomic mass is 9.97. The van der Waals surface area contributed by atoms with Crippen molar-refractivity contribution >= 4 is 22.4 Å². The highest BCUT2D eigenvalue weighted by atomic mass is 32.1. The predicted molar refractivity (Wildman–Crippen MR) is 75.1 cm³/mol. The van der Waals surface area contributed by atoms with Gasteiger partial charge in [0, 0.05) is 18.8 Å². The minimum absolute atomic E-state index is 0.0523. The minimum Gasteiger partial charge on any atom is -0.302 e. The van der Waals surface area contributed by atoms with Crippen LogP contribution in [0.25, 0.3) is 0 Å². The van der Waals surface area contributed by atoms with E-state index in [2.05, 4.69) is 15.6 Å². The molecule has 1 fully saturated rings. The van der Waals surface area contributed by atoms with Gasteiger partial charge in [-0.2, -0.15) is 13.2 Å². The Balaban J connectivity index is 1.95. The van der Waals surface area contributed by atoms with E-state index in [1.165, 1.54) is 18.3 Å². The van der Waals surface area contributed by atoms with Gasteiger partial charge < -0.3 is 10.6 Å². The van der Waals surface area contributed by atoms with Gasteiger partial charge in [0.25, 0.3) is 0 Å². The second-order valence-electron chi connectivity index (χ2n) is 5.27. The lowest BCUT2D eigenvalue weighted by molar-refractivity contribution is -0.168. The molecule has 0 unspecified atom stereocenters. The number of thiazole rings is 1. The number of amides is 1. The summed E-state index contributed by atoms with van der Waals surface area (Å²) in [5.41, 5.74) is 0.510. The van der Waals surface area contributed by atoms with Crippen LogP contribution >= 0.6 is 11.3 Å². The molecule has 1 atom stereocenters. The topological polar surface area (TPSA) is 54.0 Å². The molecule has 0 radical (unpaired) electrons. The maximum Gasteiger partial charge on any atom is 0.404 e. The average Bonchev–Trinajstić information content (AvgIpc) is 2.99. The van der Waals surface area contributed by atoms with E-state index in [9.17, 15) is 18.0 Å². The first-order valence-corrected chi connectivity index (χ1v) is 7.76. The normalized spacial score (nSPS) is 17.9. The van der Waals surface area contributed by atoms with E-state index in [-0.39, 0.29) is 18.4 Å². The Kier molecular flexibility index (Phi) is 5.21. The van der Waals surface area contributed by atoms with Crippen molar-refractivity contribution in [2.45, 2.75) is 51.4 Å². The van der Waals surface area contributed by atoms with E-state index in [1.54, 1.807) is 5.38 Å². The van der Waals surface area contributed by atoms with Gasteiger partial charge in [-0.15, -0.1) is 11.3 Å². The molecule has 0 saturated heterocycles. The molecule has 1 aliphatic rings. The van der Waals surface area contributed by atoms with Crippen LogP contribution in [0.1, 0.15) is 38.3 Å². The summed E-state index contributed by atoms with van der Waals surface area (Å²) in [6.45, 7) is 1.41. The van der Waals surface area contributed by atoms with Crippen molar-refractivity contribution in [2.24, 2.45) is 5.92 Å². The largest absolute Gasteiger partial charge is 0.404 e. The fourth-order valence-corrected chi connectivity index (χ4v) is 3.41. The molecule has 8 heteroatoms. The molecule has 1 aromatic rings. The summed E-state index contributed by atoms with van der Waals surface area (Å²) in [7, 11) is 0. The number of nitrogens with one attached hydrogen (secondary N) is 2. The Labute approximate surface area is 125 Å². The maximum absolute atomic E-state index is 13.1. The summed E-state index contributed by atoms with van der Waals surface area (Å²) >= 11 is 1.20. The number of carbonyl (C=O) groups is 1. The molecule has 0 bridgehead atoms. The lowest BCUT2D eigenvalue weighted by Gasteiger charge is -2.26. The Hall–Kier alpha value is -1.15. The molecule has 118 valence electrons. The van der Waals surface area contributed by atoms with Crippen LogP contribution < -0.4 is 10.6 Å². The number of carbonyl (C=O) groups excluding carboxylic acids is 1. The first-order valence-electron chi connectivity index (χ1n) is 6.88. The lowest BCUT2D eigenvalue weighted by Crippen LogP contribution is -2.46. The molecule has 1 saturated carbocycles. The van der Waals surface area contributed by atoms with Crippen LogP contribution in [-0.4, -0.2) is 23.1 Å². The van der Waals surface area contributed by atoms with Crippen LogP contribution in [0.5, 0.6) is 0 Å². The molecule has 2 rings (SSSR count). The number of rotatable bonds is 5. The molecule has 0 spiro atoms. The third kappa shape index (κ3) is 4.67. The van der Waals surface area contributed by atoms with E-state index in [1.807, 2.05) is 0 Å². The predicted octanol–water partition coefficient (Wildman–Crippen LogP) is 3.31. The molecule has 1 heterocycles. The molecular weight excluding hydrogens is 303 g/mol. The zero-order chi connectivity index (χ0) is 15.5. The zero-order valence-corrected chi connectivity index (χ0v) is 12.5. The Bertz CT molecular complexity index is 483. The van der Waals surface area contributed by atoms with Gasteiger partial charge in [0.1, 0.15) is 6.04 Å². The third-order valence-electron chi connectivity index (χ3n) is 3.56. The molecular formula is C13H18F3N3OS. The van der Waals surface area contributed by atoms with Gasteiger partial charge in [0.05, 0.1) is 5.69 Å². The van der Waals surface area contributed by atoms with Gasteiger partial charge in [0.15, 0.2) is 5.13 Å². The standard InChI is InChI=1S/C13H18F3N3OS/c1-8(20)18-12-19-10(7-21-12)6-17-11(13(14,15)16)9-4-2-3-5-9/h7,9,11,17H,2-6H2,1H3,(H,18,19,20)/t11-/m1/s1. The summed E-state index contributed by atoms with van der Waals surface area (Å²) < 4.78 is 39.3. The third-order valence-corrected chi connectivity index (χ3v) is 4.37. The second kappa shape index (κ2) is 6.74. The average molecular weight is 321 g/mol. The molecule has 21 heavy (non-hydrogen) atoms. The second-order valence-corrected chi connectivity index (χ2v) is 6.13. The SMILES string of the molecule is CC(=O)Nc1nc(CN[C@H](C2CCCC2)C(F)(F)F)cs1. The van der Waals surface area contributed by atoms with Gasteiger partial charge in [0.2, 0.25) is 5.91 Å². The summed E-state index contributed by atoms with van der Waals surface area (Å²) in [5.74, 6) is -0.596. The number of anilines is 1. The Morgan fingerprint density at radius 3 is 2.71 bits per heavy atom. The molecule has 1 aromatic heterocycles. The smallest absolute Gasteiger partial charge is 0.302 e. The van der Waals surface area contributed by atoms with Crippen molar-refractivity contribution in [3.05, 3.63) is 11.1 Å². The van der Waals surface area contributed by atoms with Gasteiger partial charge in [-0.1, -0.05) is 12.8 Å². The molecule has 0 aromatic carbocycles. The van der Waals surface area contributed by atoms with Gasteiger partial charge >= 0.3 is 6.18 Å². The highest BCUT2D eigenvalue weighted by molar-refractivity contribution is 7.13. The summed E-state index contributed by atoms with van der Waals surface area (Å²) in [6.07, 6.45) is -1.28. The number of hydrogen-bond acceptors (Lipinski definition) is 4. The van der Waals surface area contributed by atoms with Crippen LogP contribution in [0.2, 0.25) is 0 Å². The Morgan fingerprint density at radius 1 is 1.48 bits per heavy atom. The number of hydrogen-bond donors (Lipinski definition) is 2. The number of halogens is 3. The van der Waals surface area contributed by atoms with E-state index >= 15 is 0 Å². The van der Waals surface area contributed by atoms with Gasteiger partial charge in [-0.3, -0.25) is 4.79 Å². The zero-order valence-electron chi connectivity index (χ0n) is 11.7. The molecule has 0 aliphatic heterocycles. The van der Waals surface area contributed by atoms with Crippen molar-refractivity contribution in [1.82, 2.24) is 10.3 Å². The van der Waals surface area contributed by atoms with E-state index in [0.29, 0.717) is 23.7 Å². The van der Waals surface area contributed by atoms with E-state index < -0.39 is 12.2 Å². The van der Waals surface area contributed by atoms with Crippen LogP contribution in [0.3, 0.4) is 0 Å². The van der Waals surface area contributed by atoms with Gasteiger partial charge in [-0.05, 0) is 18.8 Å². The Morgan fingerprint density at radius 2 is 2.14 bits per heavy atom. The van der Waals surface area contributed by atoms with Crippen LogP contribution in [-0.2, 0) is 11.3 Å². The van der Waals surface area contributed by atoms with Crippen LogP contribution in [0, 0.1) is 5.92 Å². The van der Waals surface area contributed by atoms with E-state index in [0.717, 1.165) is 12.8 Å². The highest BCUT2D eigenvalue weighted by Crippen LogP contribution is 2.35. The summed E-state index contributed by atoms with van der Waals surface area (Å²) in [6, 6.07) is -1.48. The first-order chi connectivity index (χ1) is 9.86. The van der Waals surface area contributed by atoms with Crippen LogP contribution in [0.4, 0.5) is 18.3 Å². The fourth-order valence-electron chi connectivity index (χ4n) is 2.65.